The Morgan fingerprint density at radius 2 is 1.91 bits per heavy atom. The van der Waals surface area contributed by atoms with Gasteiger partial charge < -0.3 is 0 Å². The lowest BCUT2D eigenvalue weighted by atomic mass is 10.5. The van der Waals surface area contributed by atoms with Crippen LogP contribution >= 0.6 is 0 Å². The van der Waals surface area contributed by atoms with Crippen molar-refractivity contribution < 1.29 is 13.2 Å². The van der Waals surface area contributed by atoms with Crippen LogP contribution in [0.3, 0.4) is 0 Å². The van der Waals surface area contributed by atoms with Gasteiger partial charge in [-0.3, -0.25) is 4.79 Å². The maximum atomic E-state index is 10.9. The largest absolute Gasteiger partial charge is 0.284 e. The van der Waals surface area contributed by atoms with E-state index in [0.29, 0.717) is 13.1 Å². The van der Waals surface area contributed by atoms with Crippen molar-refractivity contribution in [1.29, 1.82) is 0 Å². The van der Waals surface area contributed by atoms with Gasteiger partial charge in [-0.1, -0.05) is 13.8 Å². The number of hydrogen-bond donors (Lipinski definition) is 0. The van der Waals surface area contributed by atoms with Gasteiger partial charge in [0.1, 0.15) is 0 Å². The van der Waals surface area contributed by atoms with Crippen molar-refractivity contribution in [1.82, 2.24) is 4.31 Å². The van der Waals surface area contributed by atoms with E-state index in [1.54, 1.807) is 6.92 Å². The summed E-state index contributed by atoms with van der Waals surface area (Å²) in [5, 5.41) is 0. The van der Waals surface area contributed by atoms with Gasteiger partial charge in [0.05, 0.1) is 0 Å². The van der Waals surface area contributed by atoms with E-state index in [4.69, 9.17) is 0 Å². The molecule has 0 aliphatic rings. The van der Waals surface area contributed by atoms with Crippen molar-refractivity contribution in [3.05, 3.63) is 0 Å². The van der Waals surface area contributed by atoms with Gasteiger partial charge in [-0.2, -0.15) is 4.31 Å². The maximum absolute atomic E-state index is 10.9. The van der Waals surface area contributed by atoms with Crippen LogP contribution in [0.5, 0.6) is 0 Å². The van der Waals surface area contributed by atoms with Gasteiger partial charge in [-0.15, -0.1) is 0 Å². The summed E-state index contributed by atoms with van der Waals surface area (Å²) in [6, 6.07) is 0. The predicted molar refractivity (Wildman–Crippen MR) is 43.2 cm³/mol. The summed E-state index contributed by atoms with van der Waals surface area (Å²) in [7, 11) is -3.62. The number of carbonyl (C=O) groups is 1. The first-order valence-corrected chi connectivity index (χ1v) is 5.04. The molecule has 0 bridgehead atoms. The van der Waals surface area contributed by atoms with Gasteiger partial charge in [-0.05, 0) is 6.42 Å². The quantitative estimate of drug-likeness (QED) is 0.568. The van der Waals surface area contributed by atoms with Crippen LogP contribution in [0, 0.1) is 0 Å². The van der Waals surface area contributed by atoms with Crippen LogP contribution in [0.15, 0.2) is 0 Å². The lowest BCUT2D eigenvalue weighted by molar-refractivity contribution is 0.432. The number of nitrogens with zero attached hydrogens (tertiary/aromatic N) is 1. The summed E-state index contributed by atoms with van der Waals surface area (Å²) in [5.74, 6) is 0. The van der Waals surface area contributed by atoms with Gasteiger partial charge >= 0.3 is 0 Å². The molecule has 0 aliphatic heterocycles. The highest BCUT2D eigenvalue weighted by molar-refractivity contribution is 8.02. The van der Waals surface area contributed by atoms with Crippen LogP contribution < -0.4 is 0 Å². The molecule has 0 atom stereocenters. The van der Waals surface area contributed by atoms with Crippen molar-refractivity contribution in [2.75, 3.05) is 13.1 Å². The summed E-state index contributed by atoms with van der Waals surface area (Å²) in [5.41, 5.74) is -0.00778. The van der Waals surface area contributed by atoms with Gasteiger partial charge in [0.15, 0.2) is 0 Å². The molecule has 0 aromatic rings. The second-order valence-corrected chi connectivity index (χ2v) is 3.87. The number of hydrogen-bond acceptors (Lipinski definition) is 3. The molecule has 5 heteroatoms. The lowest BCUT2D eigenvalue weighted by Crippen LogP contribution is -2.31. The third-order valence-corrected chi connectivity index (χ3v) is 2.71. The van der Waals surface area contributed by atoms with E-state index in [-0.39, 0.29) is 5.62 Å². The lowest BCUT2D eigenvalue weighted by Gasteiger charge is -2.14. The molecular weight excluding hydrogens is 166 g/mol. The third-order valence-electron chi connectivity index (χ3n) is 1.31. The van der Waals surface area contributed by atoms with Crippen molar-refractivity contribution in [3.8, 4) is 0 Å². The minimum Gasteiger partial charge on any atom is -0.284 e. The summed E-state index contributed by atoms with van der Waals surface area (Å²) in [6.07, 6.45) is 0.723. The van der Waals surface area contributed by atoms with E-state index >= 15 is 0 Å². The first-order chi connectivity index (χ1) is 5.08. The molecule has 66 valence electrons. The third kappa shape index (κ3) is 2.98. The molecule has 0 aliphatic carbocycles. The number of carbonyl (C=O) groups excluding carboxylic acids is 1. The monoisotopic (exact) mass is 179 g/mol. The molecule has 0 saturated heterocycles. The molecule has 0 rings (SSSR count). The predicted octanol–water partition coefficient (Wildman–Crippen LogP) is 0.238. The highest BCUT2D eigenvalue weighted by Gasteiger charge is 2.17. The first-order valence-electron chi connectivity index (χ1n) is 3.53. The molecule has 0 heterocycles. The molecule has 0 amide bonds. The Morgan fingerprint density at radius 1 is 1.36 bits per heavy atom. The normalized spacial score (nSPS) is 11.9. The zero-order valence-corrected chi connectivity index (χ0v) is 7.60. The topological polar surface area (TPSA) is 54.5 Å². The maximum Gasteiger partial charge on any atom is 0.273 e. The molecule has 0 aromatic carbocycles. The summed E-state index contributed by atoms with van der Waals surface area (Å²) >= 11 is 0. The molecule has 0 N–H and O–H groups in total. The molecule has 0 unspecified atom stereocenters. The highest BCUT2D eigenvalue weighted by Crippen LogP contribution is 1.98. The van der Waals surface area contributed by atoms with E-state index in [9.17, 15) is 13.2 Å². The molecular formula is C6H13NO3S. The van der Waals surface area contributed by atoms with Crippen LogP contribution in [-0.4, -0.2) is 31.4 Å². The Hall–Kier alpha value is -0.420. The molecule has 0 aromatic heterocycles. The molecule has 0 fully saturated rings. The molecule has 4 nitrogen and oxygen atoms in total. The Kier molecular flexibility index (Phi) is 4.29. The Balaban J connectivity index is 4.37. The van der Waals surface area contributed by atoms with Crippen molar-refractivity contribution in [2.24, 2.45) is 0 Å². The molecule has 0 spiro atoms. The van der Waals surface area contributed by atoms with E-state index in [2.05, 4.69) is 0 Å². The standard InChI is InChI=1S/C6H13NO3S/c1-3-5-7(4-2)11(9,10)6-8/h6H,3-5H2,1-2H3. The second kappa shape index (κ2) is 4.46. The molecule has 0 radical (unpaired) electrons. The van der Waals surface area contributed by atoms with E-state index in [0.717, 1.165) is 10.7 Å². The summed E-state index contributed by atoms with van der Waals surface area (Å²) in [4.78, 5) is 10.1. The van der Waals surface area contributed by atoms with Gasteiger partial charge in [0, 0.05) is 13.1 Å². The Morgan fingerprint density at radius 3 is 2.18 bits per heavy atom. The van der Waals surface area contributed by atoms with Crippen LogP contribution in [0.2, 0.25) is 0 Å². The molecule has 0 saturated carbocycles. The van der Waals surface area contributed by atoms with Crippen LogP contribution in [-0.2, 0) is 14.8 Å². The Labute approximate surface area is 67.2 Å². The van der Waals surface area contributed by atoms with E-state index in [1.807, 2.05) is 6.92 Å². The SMILES string of the molecule is CCCN(CC)S(=O)(=O)C=O. The zero-order chi connectivity index (χ0) is 8.91. The van der Waals surface area contributed by atoms with Crippen LogP contribution in [0.1, 0.15) is 20.3 Å². The van der Waals surface area contributed by atoms with E-state index < -0.39 is 10.0 Å². The van der Waals surface area contributed by atoms with Gasteiger partial charge in [0.2, 0.25) is 5.62 Å². The fourth-order valence-electron chi connectivity index (χ4n) is 0.776. The second-order valence-electron chi connectivity index (χ2n) is 2.13. The average Bonchev–Trinajstić information content (AvgIpc) is 2.00. The zero-order valence-electron chi connectivity index (χ0n) is 6.78. The summed E-state index contributed by atoms with van der Waals surface area (Å²) < 4.78 is 22.9. The minimum absolute atomic E-state index is 0.00778. The summed E-state index contributed by atoms with van der Waals surface area (Å²) in [6.45, 7) is 4.34. The minimum atomic E-state index is -3.62. The van der Waals surface area contributed by atoms with Gasteiger partial charge in [-0.25, -0.2) is 8.42 Å². The highest BCUT2D eigenvalue weighted by atomic mass is 32.2. The van der Waals surface area contributed by atoms with Crippen LogP contribution in [0.4, 0.5) is 0 Å². The smallest absolute Gasteiger partial charge is 0.273 e. The number of rotatable bonds is 5. The van der Waals surface area contributed by atoms with Crippen LogP contribution in [0.25, 0.3) is 0 Å². The molecule has 11 heavy (non-hydrogen) atoms. The Bertz CT molecular complexity index is 210. The van der Waals surface area contributed by atoms with Gasteiger partial charge in [0.25, 0.3) is 10.0 Å². The average molecular weight is 179 g/mol. The fourth-order valence-corrected chi connectivity index (χ4v) is 1.69. The fraction of sp³-hybridized carbons (Fsp3) is 0.833. The van der Waals surface area contributed by atoms with Crippen molar-refractivity contribution >= 4 is 15.6 Å². The number of sulfonamides is 1. The van der Waals surface area contributed by atoms with Crippen molar-refractivity contribution in [3.63, 3.8) is 0 Å². The first kappa shape index (κ1) is 10.6. The van der Waals surface area contributed by atoms with E-state index in [1.165, 1.54) is 0 Å². The van der Waals surface area contributed by atoms with Crippen molar-refractivity contribution in [2.45, 2.75) is 20.3 Å².